The van der Waals surface area contributed by atoms with Gasteiger partial charge in [0.15, 0.2) is 5.78 Å². The molecule has 1 nitrogen and oxygen atoms in total. The van der Waals surface area contributed by atoms with Crippen LogP contribution in [0.5, 0.6) is 0 Å². The molecular formula is C16H14O. The molecular weight excluding hydrogens is 208 g/mol. The number of benzene rings is 1. The van der Waals surface area contributed by atoms with Gasteiger partial charge in [0.05, 0.1) is 0 Å². The van der Waals surface area contributed by atoms with Crippen LogP contribution in [0, 0.1) is 12.3 Å². The third-order valence-electron chi connectivity index (χ3n) is 2.06. The van der Waals surface area contributed by atoms with Crippen LogP contribution in [-0.2, 0) is 4.79 Å². The van der Waals surface area contributed by atoms with Gasteiger partial charge >= 0.3 is 0 Å². The first-order valence-corrected chi connectivity index (χ1v) is 5.31. The molecule has 0 amide bonds. The number of carbonyl (C=O) groups excluding carboxylic acids is 1. The third kappa shape index (κ3) is 4.81. The Kier molecular flexibility index (Phi) is 5.27. The quantitative estimate of drug-likeness (QED) is 0.433. The van der Waals surface area contributed by atoms with Crippen LogP contribution >= 0.6 is 0 Å². The number of hydrogen-bond donors (Lipinski definition) is 0. The lowest BCUT2D eigenvalue weighted by Gasteiger charge is -1.95. The van der Waals surface area contributed by atoms with Gasteiger partial charge in [-0.05, 0) is 24.6 Å². The van der Waals surface area contributed by atoms with E-state index in [0.29, 0.717) is 0 Å². The number of rotatable bonds is 4. The van der Waals surface area contributed by atoms with Crippen LogP contribution in [0.1, 0.15) is 18.1 Å². The summed E-state index contributed by atoms with van der Waals surface area (Å²) in [5.74, 6) is 2.67. The summed E-state index contributed by atoms with van der Waals surface area (Å²) in [4.78, 5) is 10.6. The molecule has 0 saturated heterocycles. The SMILES string of the molecule is C#Cc1ccccc1C=CC=CC=CC(C)=O. The first kappa shape index (κ1) is 12.7. The largest absolute Gasteiger partial charge is 0.295 e. The monoisotopic (exact) mass is 222 g/mol. The van der Waals surface area contributed by atoms with Crippen LogP contribution in [-0.4, -0.2) is 5.78 Å². The van der Waals surface area contributed by atoms with E-state index in [1.54, 1.807) is 12.2 Å². The molecule has 0 fully saturated rings. The Morgan fingerprint density at radius 1 is 1.18 bits per heavy atom. The highest BCUT2D eigenvalue weighted by Gasteiger charge is 1.91. The maximum atomic E-state index is 10.6. The molecule has 0 radical (unpaired) electrons. The van der Waals surface area contributed by atoms with Crippen molar-refractivity contribution in [3.63, 3.8) is 0 Å². The summed E-state index contributed by atoms with van der Waals surface area (Å²) in [6.07, 6.45) is 16.1. The van der Waals surface area contributed by atoms with Crippen LogP contribution in [0.15, 0.2) is 54.6 Å². The zero-order chi connectivity index (χ0) is 12.5. The maximum Gasteiger partial charge on any atom is 0.152 e. The lowest BCUT2D eigenvalue weighted by Crippen LogP contribution is -1.79. The summed E-state index contributed by atoms with van der Waals surface area (Å²) >= 11 is 0. The Labute approximate surface area is 102 Å². The van der Waals surface area contributed by atoms with Crippen molar-refractivity contribution >= 4 is 11.9 Å². The lowest BCUT2D eigenvalue weighted by atomic mass is 10.1. The normalized spacial score (nSPS) is 11.3. The molecule has 1 aromatic rings. The second-order valence-corrected chi connectivity index (χ2v) is 3.45. The van der Waals surface area contributed by atoms with E-state index in [9.17, 15) is 4.79 Å². The fourth-order valence-electron chi connectivity index (χ4n) is 1.25. The molecule has 0 unspecified atom stereocenters. The Bertz CT molecular complexity index is 511. The van der Waals surface area contributed by atoms with Gasteiger partial charge in [0.25, 0.3) is 0 Å². The van der Waals surface area contributed by atoms with Crippen LogP contribution in [0.2, 0.25) is 0 Å². The molecule has 0 spiro atoms. The van der Waals surface area contributed by atoms with Crippen LogP contribution in [0.4, 0.5) is 0 Å². The fourth-order valence-corrected chi connectivity index (χ4v) is 1.25. The second-order valence-electron chi connectivity index (χ2n) is 3.45. The van der Waals surface area contributed by atoms with Gasteiger partial charge in [-0.15, -0.1) is 6.42 Å². The predicted octanol–water partition coefficient (Wildman–Crippen LogP) is 3.38. The molecule has 0 saturated carbocycles. The van der Waals surface area contributed by atoms with E-state index in [1.165, 1.54) is 13.0 Å². The highest BCUT2D eigenvalue weighted by molar-refractivity contribution is 5.87. The number of hydrogen-bond acceptors (Lipinski definition) is 1. The van der Waals surface area contributed by atoms with Gasteiger partial charge in [-0.2, -0.15) is 0 Å². The fraction of sp³-hybridized carbons (Fsp3) is 0.0625. The van der Waals surface area contributed by atoms with E-state index in [4.69, 9.17) is 6.42 Å². The van der Waals surface area contributed by atoms with Crippen LogP contribution in [0.3, 0.4) is 0 Å². The highest BCUT2D eigenvalue weighted by atomic mass is 16.1. The van der Waals surface area contributed by atoms with Gasteiger partial charge in [-0.1, -0.05) is 54.5 Å². The molecule has 0 N–H and O–H groups in total. The van der Waals surface area contributed by atoms with Gasteiger partial charge in [-0.3, -0.25) is 4.79 Å². The van der Waals surface area contributed by atoms with Crippen molar-refractivity contribution in [1.82, 2.24) is 0 Å². The standard InChI is InChI=1S/C16H14O/c1-3-15-11-8-9-13-16(15)12-7-5-4-6-10-14(2)17/h1,4-13H,2H3. The van der Waals surface area contributed by atoms with Crippen molar-refractivity contribution in [1.29, 1.82) is 0 Å². The maximum absolute atomic E-state index is 10.6. The molecule has 0 aromatic heterocycles. The molecule has 0 heterocycles. The smallest absolute Gasteiger partial charge is 0.152 e. The van der Waals surface area contributed by atoms with Crippen LogP contribution in [0.25, 0.3) is 6.08 Å². The van der Waals surface area contributed by atoms with Crippen molar-refractivity contribution in [2.75, 3.05) is 0 Å². The van der Waals surface area contributed by atoms with E-state index in [2.05, 4.69) is 5.92 Å². The number of carbonyl (C=O) groups is 1. The Hall–Kier alpha value is -2.33. The zero-order valence-electron chi connectivity index (χ0n) is 9.76. The van der Waals surface area contributed by atoms with Gasteiger partial charge in [0, 0.05) is 5.56 Å². The lowest BCUT2D eigenvalue weighted by molar-refractivity contribution is -0.112. The average Bonchev–Trinajstić information content (AvgIpc) is 2.33. The number of ketones is 1. The van der Waals surface area contributed by atoms with E-state index < -0.39 is 0 Å². The molecule has 0 aliphatic rings. The van der Waals surface area contributed by atoms with E-state index >= 15 is 0 Å². The molecule has 0 aliphatic heterocycles. The molecule has 0 bridgehead atoms. The molecule has 0 aliphatic carbocycles. The van der Waals surface area contributed by atoms with Gasteiger partial charge in [0.2, 0.25) is 0 Å². The Balaban J connectivity index is 2.66. The summed E-state index contributed by atoms with van der Waals surface area (Å²) < 4.78 is 0. The highest BCUT2D eigenvalue weighted by Crippen LogP contribution is 2.08. The van der Waals surface area contributed by atoms with Gasteiger partial charge < -0.3 is 0 Å². The van der Waals surface area contributed by atoms with Gasteiger partial charge in [-0.25, -0.2) is 0 Å². The first-order valence-electron chi connectivity index (χ1n) is 5.31. The Morgan fingerprint density at radius 2 is 1.88 bits per heavy atom. The minimum absolute atomic E-state index is 0.0382. The van der Waals surface area contributed by atoms with E-state index in [1.807, 2.05) is 42.5 Å². The summed E-state index contributed by atoms with van der Waals surface area (Å²) in [6, 6.07) is 7.72. The van der Waals surface area contributed by atoms with Crippen molar-refractivity contribution in [2.45, 2.75) is 6.92 Å². The molecule has 1 rings (SSSR count). The topological polar surface area (TPSA) is 17.1 Å². The predicted molar refractivity (Wildman–Crippen MR) is 72.4 cm³/mol. The second kappa shape index (κ2) is 7.03. The van der Waals surface area contributed by atoms with E-state index in [-0.39, 0.29) is 5.78 Å². The number of terminal acetylenes is 1. The molecule has 1 heteroatoms. The molecule has 1 aromatic carbocycles. The minimum Gasteiger partial charge on any atom is -0.295 e. The summed E-state index contributed by atoms with van der Waals surface area (Å²) in [7, 11) is 0. The van der Waals surface area contributed by atoms with Crippen molar-refractivity contribution < 1.29 is 4.79 Å². The van der Waals surface area contributed by atoms with Crippen LogP contribution < -0.4 is 0 Å². The van der Waals surface area contributed by atoms with E-state index in [0.717, 1.165) is 11.1 Å². The number of allylic oxidation sites excluding steroid dienone is 5. The van der Waals surface area contributed by atoms with Gasteiger partial charge in [0.1, 0.15) is 0 Å². The first-order chi connectivity index (χ1) is 8.24. The van der Waals surface area contributed by atoms with Crippen molar-refractivity contribution in [3.8, 4) is 12.3 Å². The summed E-state index contributed by atoms with van der Waals surface area (Å²) in [6.45, 7) is 1.52. The summed E-state index contributed by atoms with van der Waals surface area (Å²) in [5, 5.41) is 0. The molecule has 17 heavy (non-hydrogen) atoms. The average molecular weight is 222 g/mol. The third-order valence-corrected chi connectivity index (χ3v) is 2.06. The zero-order valence-corrected chi connectivity index (χ0v) is 9.76. The van der Waals surface area contributed by atoms with Crippen molar-refractivity contribution in [3.05, 3.63) is 65.8 Å². The minimum atomic E-state index is 0.0382. The Morgan fingerprint density at radius 3 is 2.59 bits per heavy atom. The van der Waals surface area contributed by atoms with Crippen molar-refractivity contribution in [2.24, 2.45) is 0 Å². The molecule has 84 valence electrons. The summed E-state index contributed by atoms with van der Waals surface area (Å²) in [5.41, 5.74) is 1.88. The molecule has 0 atom stereocenters.